The fourth-order valence-corrected chi connectivity index (χ4v) is 2.24. The van der Waals surface area contributed by atoms with Crippen molar-refractivity contribution in [3.63, 3.8) is 0 Å². The number of aromatic nitrogens is 2. The maximum absolute atomic E-state index is 9.27. The Morgan fingerprint density at radius 2 is 2.21 bits per heavy atom. The molecule has 0 radical (unpaired) electrons. The van der Waals surface area contributed by atoms with Gasteiger partial charge in [0, 0.05) is 23.1 Å². The fraction of sp³-hybridized carbons (Fsp3) is 0.692. The monoisotopic (exact) mass is 285 g/mol. The Labute approximate surface area is 119 Å². The lowest BCUT2D eigenvalue weighted by atomic mass is 10.2. The molecule has 0 aliphatic carbocycles. The number of aliphatic hydroxyl groups excluding tert-OH is 1. The summed E-state index contributed by atoms with van der Waals surface area (Å²) in [5.41, 5.74) is 0.862. The van der Waals surface area contributed by atoms with Crippen molar-refractivity contribution in [3.8, 4) is 5.88 Å². The van der Waals surface area contributed by atoms with Crippen LogP contribution in [0.3, 0.4) is 0 Å². The van der Waals surface area contributed by atoms with Gasteiger partial charge in [0.2, 0.25) is 11.8 Å². The van der Waals surface area contributed by atoms with E-state index in [1.807, 2.05) is 26.2 Å². The minimum absolute atomic E-state index is 0.0841. The van der Waals surface area contributed by atoms with Crippen LogP contribution in [0, 0.1) is 6.92 Å². The Bertz CT molecular complexity index is 386. The number of aryl methyl sites for hydroxylation is 1. The van der Waals surface area contributed by atoms with Crippen LogP contribution < -0.4 is 10.1 Å². The molecule has 1 rings (SSSR count). The first-order chi connectivity index (χ1) is 9.10. The zero-order valence-electron chi connectivity index (χ0n) is 12.0. The number of aliphatic hydroxyl groups is 1. The summed E-state index contributed by atoms with van der Waals surface area (Å²) in [6.45, 7) is 6.75. The van der Waals surface area contributed by atoms with Gasteiger partial charge < -0.3 is 15.2 Å². The number of nitrogens with zero attached hydrogens (tertiary/aromatic N) is 2. The molecule has 0 amide bonds. The Kier molecular flexibility index (Phi) is 6.94. The summed E-state index contributed by atoms with van der Waals surface area (Å²) in [4.78, 5) is 8.67. The van der Waals surface area contributed by atoms with E-state index in [9.17, 15) is 5.11 Å². The van der Waals surface area contributed by atoms with Crippen molar-refractivity contribution in [1.29, 1.82) is 0 Å². The highest BCUT2D eigenvalue weighted by Gasteiger charge is 2.16. The largest absolute Gasteiger partial charge is 0.478 e. The van der Waals surface area contributed by atoms with Crippen LogP contribution in [0.25, 0.3) is 0 Å². The van der Waals surface area contributed by atoms with E-state index in [1.54, 1.807) is 11.8 Å². The second-order valence-corrected chi connectivity index (χ2v) is 5.49. The molecule has 19 heavy (non-hydrogen) atoms. The summed E-state index contributed by atoms with van der Waals surface area (Å²) in [5, 5.41) is 12.6. The minimum atomic E-state index is 0.0841. The standard InChI is InChI=1S/C13H23N3O2S/c1-5-6-18-12-7-9(2)14-13(16-12)15-10(3)11(8-17)19-4/h7,10-11,17H,5-6,8H2,1-4H3,(H,14,15,16). The number of anilines is 1. The second-order valence-electron chi connectivity index (χ2n) is 4.41. The van der Waals surface area contributed by atoms with Gasteiger partial charge in [0.15, 0.2) is 0 Å². The van der Waals surface area contributed by atoms with Gasteiger partial charge in [-0.1, -0.05) is 6.92 Å². The van der Waals surface area contributed by atoms with Gasteiger partial charge in [-0.2, -0.15) is 16.7 Å². The van der Waals surface area contributed by atoms with E-state index >= 15 is 0 Å². The van der Waals surface area contributed by atoms with Crippen LogP contribution in [-0.2, 0) is 0 Å². The van der Waals surface area contributed by atoms with Crippen LogP contribution in [-0.4, -0.2) is 45.8 Å². The average molecular weight is 285 g/mol. The summed E-state index contributed by atoms with van der Waals surface area (Å²) >= 11 is 1.62. The van der Waals surface area contributed by atoms with Crippen LogP contribution in [0.15, 0.2) is 6.07 Å². The van der Waals surface area contributed by atoms with Crippen molar-refractivity contribution in [1.82, 2.24) is 9.97 Å². The lowest BCUT2D eigenvalue weighted by Crippen LogP contribution is -2.31. The van der Waals surface area contributed by atoms with Crippen molar-refractivity contribution in [2.45, 2.75) is 38.5 Å². The lowest BCUT2D eigenvalue weighted by molar-refractivity contribution is 0.288. The Hall–Kier alpha value is -1.01. The molecule has 0 fully saturated rings. The first-order valence-corrected chi connectivity index (χ1v) is 7.78. The molecule has 2 atom stereocenters. The highest BCUT2D eigenvalue weighted by molar-refractivity contribution is 7.99. The van der Waals surface area contributed by atoms with Gasteiger partial charge in [0.05, 0.1) is 13.2 Å². The first-order valence-electron chi connectivity index (χ1n) is 6.49. The molecule has 2 N–H and O–H groups in total. The van der Waals surface area contributed by atoms with Crippen molar-refractivity contribution in [2.75, 3.05) is 24.8 Å². The summed E-state index contributed by atoms with van der Waals surface area (Å²) in [6.07, 6.45) is 2.92. The van der Waals surface area contributed by atoms with Crippen molar-refractivity contribution in [3.05, 3.63) is 11.8 Å². The van der Waals surface area contributed by atoms with E-state index in [0.717, 1.165) is 12.1 Å². The predicted octanol–water partition coefficient (Wildman–Crippen LogP) is 2.10. The van der Waals surface area contributed by atoms with Gasteiger partial charge in [-0.05, 0) is 26.5 Å². The molecule has 0 bridgehead atoms. The van der Waals surface area contributed by atoms with E-state index < -0.39 is 0 Å². The molecule has 6 heteroatoms. The van der Waals surface area contributed by atoms with Gasteiger partial charge in [-0.3, -0.25) is 0 Å². The molecule has 1 aromatic heterocycles. The van der Waals surface area contributed by atoms with Crippen molar-refractivity contribution < 1.29 is 9.84 Å². The Balaban J connectivity index is 2.74. The third kappa shape index (κ3) is 5.24. The van der Waals surface area contributed by atoms with Crippen LogP contribution in [0.5, 0.6) is 5.88 Å². The molecule has 1 aromatic rings. The zero-order valence-corrected chi connectivity index (χ0v) is 12.8. The van der Waals surface area contributed by atoms with Crippen molar-refractivity contribution >= 4 is 17.7 Å². The second kappa shape index (κ2) is 8.22. The molecule has 108 valence electrons. The quantitative estimate of drug-likeness (QED) is 0.762. The van der Waals surface area contributed by atoms with Crippen LogP contribution in [0.2, 0.25) is 0 Å². The molecule has 5 nitrogen and oxygen atoms in total. The number of rotatable bonds is 8. The lowest BCUT2D eigenvalue weighted by Gasteiger charge is -2.21. The van der Waals surface area contributed by atoms with Gasteiger partial charge >= 0.3 is 0 Å². The SMILES string of the molecule is CCCOc1cc(C)nc(NC(C)C(CO)SC)n1. The molecule has 2 unspecified atom stereocenters. The van der Waals surface area contributed by atoms with Crippen LogP contribution in [0.1, 0.15) is 26.0 Å². The predicted molar refractivity (Wildman–Crippen MR) is 80.0 cm³/mol. The summed E-state index contributed by atoms with van der Waals surface area (Å²) in [6, 6.07) is 1.91. The topological polar surface area (TPSA) is 67.3 Å². The third-order valence-corrected chi connectivity index (χ3v) is 3.84. The number of ether oxygens (including phenoxy) is 1. The highest BCUT2D eigenvalue weighted by Crippen LogP contribution is 2.17. The van der Waals surface area contributed by atoms with E-state index in [1.165, 1.54) is 0 Å². The number of hydrogen-bond acceptors (Lipinski definition) is 6. The molecular weight excluding hydrogens is 262 g/mol. The summed E-state index contributed by atoms with van der Waals surface area (Å²) in [5.74, 6) is 1.14. The first kappa shape index (κ1) is 16.0. The van der Waals surface area contributed by atoms with Gasteiger partial charge in [0.1, 0.15) is 0 Å². The maximum atomic E-state index is 9.27. The normalized spacial score (nSPS) is 13.9. The fourth-order valence-electron chi connectivity index (χ4n) is 1.62. The smallest absolute Gasteiger partial charge is 0.226 e. The molecule has 0 saturated carbocycles. The highest BCUT2D eigenvalue weighted by atomic mass is 32.2. The van der Waals surface area contributed by atoms with E-state index in [-0.39, 0.29) is 17.9 Å². The molecule has 0 saturated heterocycles. The van der Waals surface area contributed by atoms with Gasteiger partial charge in [0.25, 0.3) is 0 Å². The van der Waals surface area contributed by atoms with E-state index in [2.05, 4.69) is 22.2 Å². The summed E-state index contributed by atoms with van der Waals surface area (Å²) in [7, 11) is 0. The third-order valence-electron chi connectivity index (χ3n) is 2.68. The Morgan fingerprint density at radius 1 is 1.47 bits per heavy atom. The van der Waals surface area contributed by atoms with Crippen LogP contribution >= 0.6 is 11.8 Å². The molecule has 1 heterocycles. The van der Waals surface area contributed by atoms with E-state index in [0.29, 0.717) is 18.4 Å². The molecule has 0 aliphatic rings. The molecular formula is C13H23N3O2S. The molecule has 0 aliphatic heterocycles. The Morgan fingerprint density at radius 3 is 2.79 bits per heavy atom. The maximum Gasteiger partial charge on any atom is 0.226 e. The summed E-state index contributed by atoms with van der Waals surface area (Å²) < 4.78 is 5.53. The number of hydrogen-bond donors (Lipinski definition) is 2. The minimum Gasteiger partial charge on any atom is -0.478 e. The molecule has 0 spiro atoms. The average Bonchev–Trinajstić information content (AvgIpc) is 2.37. The van der Waals surface area contributed by atoms with Crippen LogP contribution in [0.4, 0.5) is 5.95 Å². The molecule has 0 aromatic carbocycles. The number of thioether (sulfide) groups is 1. The van der Waals surface area contributed by atoms with E-state index in [4.69, 9.17) is 4.74 Å². The zero-order chi connectivity index (χ0) is 14.3. The number of nitrogens with one attached hydrogen (secondary N) is 1. The van der Waals surface area contributed by atoms with Gasteiger partial charge in [-0.25, -0.2) is 4.98 Å². The van der Waals surface area contributed by atoms with Crippen molar-refractivity contribution in [2.24, 2.45) is 0 Å². The van der Waals surface area contributed by atoms with Gasteiger partial charge in [-0.15, -0.1) is 0 Å².